The van der Waals surface area contributed by atoms with Gasteiger partial charge in [-0.05, 0) is 29.7 Å². The number of nitrogens with one attached hydrogen (secondary N) is 1. The van der Waals surface area contributed by atoms with Crippen LogP contribution < -0.4 is 10.2 Å². The van der Waals surface area contributed by atoms with Crippen LogP contribution in [0, 0.1) is 0 Å². The van der Waals surface area contributed by atoms with Gasteiger partial charge in [0.25, 0.3) is 0 Å². The minimum atomic E-state index is 0.620. The van der Waals surface area contributed by atoms with Crippen LogP contribution in [0.3, 0.4) is 0 Å². The van der Waals surface area contributed by atoms with Crippen molar-refractivity contribution in [3.8, 4) is 0 Å². The first-order valence-electron chi connectivity index (χ1n) is 5.56. The third-order valence-corrected chi connectivity index (χ3v) is 3.40. The van der Waals surface area contributed by atoms with Crippen LogP contribution in [-0.4, -0.2) is 45.4 Å². The summed E-state index contributed by atoms with van der Waals surface area (Å²) in [4.78, 5) is 2.29. The average molecular weight is 208 g/mol. The van der Waals surface area contributed by atoms with E-state index in [0.29, 0.717) is 12.1 Å². The van der Waals surface area contributed by atoms with E-state index in [-0.39, 0.29) is 0 Å². The maximum Gasteiger partial charge on any atom is 0.245 e. The van der Waals surface area contributed by atoms with Crippen LogP contribution in [0.4, 0.5) is 5.95 Å². The van der Waals surface area contributed by atoms with Crippen molar-refractivity contribution < 1.29 is 0 Å². The van der Waals surface area contributed by atoms with Crippen molar-refractivity contribution in [3.63, 3.8) is 0 Å². The number of rotatable bonds is 1. The first-order chi connectivity index (χ1) is 7.33. The summed E-state index contributed by atoms with van der Waals surface area (Å²) in [5.74, 6) is 0.893. The molecule has 1 aromatic heterocycles. The lowest BCUT2D eigenvalue weighted by atomic mass is 10.1. The highest BCUT2D eigenvalue weighted by Gasteiger charge is 2.30. The monoisotopic (exact) mass is 208 g/mol. The Bertz CT molecular complexity index is 348. The van der Waals surface area contributed by atoms with Crippen molar-refractivity contribution in [1.82, 2.24) is 25.5 Å². The van der Waals surface area contributed by atoms with Gasteiger partial charge in [0.1, 0.15) is 0 Å². The van der Waals surface area contributed by atoms with E-state index >= 15 is 0 Å². The maximum atomic E-state index is 4.06. The molecule has 2 unspecified atom stereocenters. The number of hydrogen-bond donors (Lipinski definition) is 1. The topological polar surface area (TPSA) is 58.9 Å². The largest absolute Gasteiger partial charge is 0.338 e. The fourth-order valence-corrected chi connectivity index (χ4v) is 2.62. The van der Waals surface area contributed by atoms with Gasteiger partial charge in [0.2, 0.25) is 5.95 Å². The Kier molecular flexibility index (Phi) is 2.09. The van der Waals surface area contributed by atoms with Crippen molar-refractivity contribution in [2.45, 2.75) is 31.3 Å². The average Bonchev–Trinajstić information content (AvgIpc) is 2.74. The van der Waals surface area contributed by atoms with Crippen LogP contribution >= 0.6 is 0 Å². The molecule has 2 fully saturated rings. The van der Waals surface area contributed by atoms with Gasteiger partial charge in [-0.3, -0.25) is 0 Å². The second-order valence-electron chi connectivity index (χ2n) is 4.48. The molecule has 2 aliphatic heterocycles. The van der Waals surface area contributed by atoms with E-state index < -0.39 is 0 Å². The molecule has 15 heavy (non-hydrogen) atoms. The molecule has 6 nitrogen and oxygen atoms in total. The van der Waals surface area contributed by atoms with Crippen molar-refractivity contribution in [1.29, 1.82) is 0 Å². The fraction of sp³-hybridized carbons (Fsp3) is 0.889. The summed E-state index contributed by atoms with van der Waals surface area (Å²) in [7, 11) is 1.89. The number of aromatic nitrogens is 4. The van der Waals surface area contributed by atoms with Crippen LogP contribution in [0.5, 0.6) is 0 Å². The zero-order chi connectivity index (χ0) is 10.3. The van der Waals surface area contributed by atoms with Crippen molar-refractivity contribution in [3.05, 3.63) is 0 Å². The highest BCUT2D eigenvalue weighted by Crippen LogP contribution is 2.22. The Labute approximate surface area is 88.6 Å². The molecular formula is C9H16N6. The van der Waals surface area contributed by atoms with E-state index in [1.54, 1.807) is 4.68 Å². The highest BCUT2D eigenvalue weighted by molar-refractivity contribution is 5.29. The van der Waals surface area contributed by atoms with E-state index in [2.05, 4.69) is 25.7 Å². The molecule has 0 amide bonds. The van der Waals surface area contributed by atoms with E-state index in [0.717, 1.165) is 19.0 Å². The minimum Gasteiger partial charge on any atom is -0.338 e. The van der Waals surface area contributed by atoms with E-state index in [1.165, 1.54) is 19.3 Å². The molecular weight excluding hydrogens is 192 g/mol. The van der Waals surface area contributed by atoms with Gasteiger partial charge in [-0.25, -0.2) is 4.68 Å². The first-order valence-corrected chi connectivity index (χ1v) is 5.56. The number of fused-ring (bicyclic) bond motifs is 2. The van der Waals surface area contributed by atoms with Gasteiger partial charge < -0.3 is 10.2 Å². The predicted octanol–water partition coefficient (Wildman–Crippen LogP) is -0.459. The number of aryl methyl sites for hydroxylation is 1. The number of anilines is 1. The van der Waals surface area contributed by atoms with Gasteiger partial charge in [0, 0.05) is 32.2 Å². The van der Waals surface area contributed by atoms with Crippen LogP contribution in [0.25, 0.3) is 0 Å². The molecule has 2 atom stereocenters. The van der Waals surface area contributed by atoms with Gasteiger partial charge in [-0.15, -0.1) is 0 Å². The Balaban J connectivity index is 1.80. The number of hydrogen-bond acceptors (Lipinski definition) is 5. The predicted molar refractivity (Wildman–Crippen MR) is 55.6 cm³/mol. The summed E-state index contributed by atoms with van der Waals surface area (Å²) in [6, 6.07) is 1.33. The van der Waals surface area contributed by atoms with Gasteiger partial charge in [0.15, 0.2) is 0 Å². The molecule has 0 radical (unpaired) electrons. The van der Waals surface area contributed by atoms with Crippen molar-refractivity contribution in [2.75, 3.05) is 18.0 Å². The summed E-state index contributed by atoms with van der Waals surface area (Å²) in [6.07, 6.45) is 3.81. The highest BCUT2D eigenvalue weighted by atomic mass is 15.6. The summed E-state index contributed by atoms with van der Waals surface area (Å²) in [5.41, 5.74) is 0. The molecule has 0 saturated carbocycles. The zero-order valence-corrected chi connectivity index (χ0v) is 8.93. The van der Waals surface area contributed by atoms with Gasteiger partial charge >= 0.3 is 0 Å². The summed E-state index contributed by atoms with van der Waals surface area (Å²) < 4.78 is 1.75. The van der Waals surface area contributed by atoms with Crippen LogP contribution in [0.2, 0.25) is 0 Å². The Morgan fingerprint density at radius 2 is 2.13 bits per heavy atom. The lowest BCUT2D eigenvalue weighted by molar-refractivity contribution is 0.563. The SMILES string of the molecule is Cn1nnnc1N1CCC2CCC(C1)N2. The number of nitrogens with zero attached hydrogens (tertiary/aromatic N) is 5. The molecule has 2 aliphatic rings. The molecule has 3 heterocycles. The van der Waals surface area contributed by atoms with E-state index in [9.17, 15) is 0 Å². The molecule has 2 bridgehead atoms. The molecule has 0 spiro atoms. The minimum absolute atomic E-state index is 0.620. The second kappa shape index (κ2) is 3.44. The molecule has 1 aromatic rings. The van der Waals surface area contributed by atoms with Gasteiger partial charge in [0.05, 0.1) is 0 Å². The fourth-order valence-electron chi connectivity index (χ4n) is 2.62. The molecule has 0 aromatic carbocycles. The first kappa shape index (κ1) is 9.08. The Morgan fingerprint density at radius 1 is 1.27 bits per heavy atom. The quantitative estimate of drug-likeness (QED) is 0.677. The third-order valence-electron chi connectivity index (χ3n) is 3.40. The van der Waals surface area contributed by atoms with Gasteiger partial charge in [-0.1, -0.05) is 5.10 Å². The maximum absolute atomic E-state index is 4.06. The van der Waals surface area contributed by atoms with E-state index in [1.807, 2.05) is 7.05 Å². The standard InChI is InChI=1S/C9H16N6/c1-14-9(11-12-13-14)15-5-4-7-2-3-8(6-15)10-7/h7-8,10H,2-6H2,1H3. The lowest BCUT2D eigenvalue weighted by Crippen LogP contribution is -2.36. The number of tetrazole rings is 1. The van der Waals surface area contributed by atoms with Crippen molar-refractivity contribution >= 4 is 5.95 Å². The molecule has 2 saturated heterocycles. The summed E-state index contributed by atoms with van der Waals surface area (Å²) in [6.45, 7) is 2.09. The van der Waals surface area contributed by atoms with Gasteiger partial charge in [-0.2, -0.15) is 0 Å². The second-order valence-corrected chi connectivity index (χ2v) is 4.48. The summed E-state index contributed by atoms with van der Waals surface area (Å²) >= 11 is 0. The van der Waals surface area contributed by atoms with E-state index in [4.69, 9.17) is 0 Å². The Hall–Kier alpha value is -1.17. The normalized spacial score (nSPS) is 30.6. The third kappa shape index (κ3) is 1.58. The molecule has 6 heteroatoms. The van der Waals surface area contributed by atoms with Crippen LogP contribution in [-0.2, 0) is 7.05 Å². The molecule has 1 N–H and O–H groups in total. The molecule has 0 aliphatic carbocycles. The lowest BCUT2D eigenvalue weighted by Gasteiger charge is -2.23. The van der Waals surface area contributed by atoms with Crippen LogP contribution in [0.1, 0.15) is 19.3 Å². The molecule has 82 valence electrons. The smallest absolute Gasteiger partial charge is 0.245 e. The Morgan fingerprint density at radius 3 is 2.93 bits per heavy atom. The molecule has 3 rings (SSSR count). The zero-order valence-electron chi connectivity index (χ0n) is 8.93. The van der Waals surface area contributed by atoms with Crippen LogP contribution in [0.15, 0.2) is 0 Å². The van der Waals surface area contributed by atoms with Crippen molar-refractivity contribution in [2.24, 2.45) is 7.05 Å². The summed E-state index contributed by atoms with van der Waals surface area (Å²) in [5, 5.41) is 15.3.